The van der Waals surface area contributed by atoms with Crippen molar-refractivity contribution in [2.24, 2.45) is 0 Å². The van der Waals surface area contributed by atoms with E-state index in [0.717, 1.165) is 0 Å². The fourth-order valence-electron chi connectivity index (χ4n) is 1.40. The first-order chi connectivity index (χ1) is 7.75. The molecule has 4 nitrogen and oxygen atoms in total. The predicted molar refractivity (Wildman–Crippen MR) is 63.3 cm³/mol. The second-order valence-electron chi connectivity index (χ2n) is 3.39. The van der Waals surface area contributed by atoms with Crippen molar-refractivity contribution in [3.05, 3.63) is 47.4 Å². The van der Waals surface area contributed by atoms with Gasteiger partial charge in [-0.05, 0) is 24.1 Å². The highest BCUT2D eigenvalue weighted by molar-refractivity contribution is 6.28. The van der Waals surface area contributed by atoms with Gasteiger partial charge in [-0.25, -0.2) is 0 Å². The second-order valence-corrected chi connectivity index (χ2v) is 3.73. The number of benzene rings is 1. The molecule has 1 atom stereocenters. The molecule has 0 fully saturated rings. The van der Waals surface area contributed by atoms with Gasteiger partial charge < -0.3 is 5.32 Å². The maximum atomic E-state index is 5.65. The summed E-state index contributed by atoms with van der Waals surface area (Å²) in [6.45, 7) is 2.05. The lowest BCUT2D eigenvalue weighted by Gasteiger charge is -2.14. The Kier molecular flexibility index (Phi) is 3.31. The standard InChI is InChI=1S/C11H11ClN4/c1-8(9-5-3-2-4-6-9)14-10-7-13-16-11(12)15-10/h2-8H,1H3,(H,14,15,16). The molecule has 5 heteroatoms. The van der Waals surface area contributed by atoms with E-state index in [4.69, 9.17) is 11.6 Å². The van der Waals surface area contributed by atoms with E-state index in [2.05, 4.69) is 20.5 Å². The van der Waals surface area contributed by atoms with Gasteiger partial charge in [0, 0.05) is 6.04 Å². The van der Waals surface area contributed by atoms with Crippen LogP contribution in [0.5, 0.6) is 0 Å². The van der Waals surface area contributed by atoms with Crippen LogP contribution >= 0.6 is 11.6 Å². The normalized spacial score (nSPS) is 12.1. The largest absolute Gasteiger partial charge is 0.362 e. The molecule has 0 aliphatic rings. The molecule has 0 saturated carbocycles. The molecule has 1 N–H and O–H groups in total. The highest BCUT2D eigenvalue weighted by Crippen LogP contribution is 2.16. The van der Waals surface area contributed by atoms with Crippen LogP contribution in [-0.4, -0.2) is 15.2 Å². The summed E-state index contributed by atoms with van der Waals surface area (Å²) in [7, 11) is 0. The maximum Gasteiger partial charge on any atom is 0.244 e. The van der Waals surface area contributed by atoms with Gasteiger partial charge in [-0.15, -0.1) is 5.10 Å². The zero-order valence-corrected chi connectivity index (χ0v) is 9.52. The second kappa shape index (κ2) is 4.90. The average Bonchev–Trinajstić information content (AvgIpc) is 2.30. The Bertz CT molecular complexity index is 461. The molecule has 1 aromatic heterocycles. The minimum absolute atomic E-state index is 0.144. The van der Waals surface area contributed by atoms with Crippen molar-refractivity contribution in [3.8, 4) is 0 Å². The molecule has 1 aromatic carbocycles. The maximum absolute atomic E-state index is 5.65. The summed E-state index contributed by atoms with van der Waals surface area (Å²) in [6.07, 6.45) is 1.55. The fourth-order valence-corrected chi connectivity index (χ4v) is 1.53. The first-order valence-corrected chi connectivity index (χ1v) is 5.30. The number of nitrogens with zero attached hydrogens (tertiary/aromatic N) is 3. The Morgan fingerprint density at radius 3 is 2.69 bits per heavy atom. The number of halogens is 1. The molecule has 0 aliphatic heterocycles. The smallest absolute Gasteiger partial charge is 0.244 e. The molecule has 0 radical (unpaired) electrons. The fraction of sp³-hybridized carbons (Fsp3) is 0.182. The highest BCUT2D eigenvalue weighted by atomic mass is 35.5. The molecule has 1 unspecified atom stereocenters. The first kappa shape index (κ1) is 10.8. The summed E-state index contributed by atoms with van der Waals surface area (Å²) in [5, 5.41) is 10.7. The van der Waals surface area contributed by atoms with Gasteiger partial charge >= 0.3 is 0 Å². The summed E-state index contributed by atoms with van der Waals surface area (Å²) in [5.41, 5.74) is 1.18. The average molecular weight is 235 g/mol. The van der Waals surface area contributed by atoms with E-state index >= 15 is 0 Å². The summed E-state index contributed by atoms with van der Waals surface area (Å²) in [5.74, 6) is 0.622. The van der Waals surface area contributed by atoms with Crippen LogP contribution in [0.4, 0.5) is 5.82 Å². The summed E-state index contributed by atoms with van der Waals surface area (Å²) >= 11 is 5.65. The third kappa shape index (κ3) is 2.67. The van der Waals surface area contributed by atoms with Crippen LogP contribution in [0, 0.1) is 0 Å². The lowest BCUT2D eigenvalue weighted by molar-refractivity contribution is 0.858. The Hall–Kier alpha value is -1.68. The van der Waals surface area contributed by atoms with E-state index in [1.165, 1.54) is 5.56 Å². The van der Waals surface area contributed by atoms with Crippen molar-refractivity contribution in [1.82, 2.24) is 15.2 Å². The number of aromatic nitrogens is 3. The molecule has 0 spiro atoms. The van der Waals surface area contributed by atoms with E-state index in [-0.39, 0.29) is 11.3 Å². The van der Waals surface area contributed by atoms with Crippen molar-refractivity contribution in [2.75, 3.05) is 5.32 Å². The summed E-state index contributed by atoms with van der Waals surface area (Å²) < 4.78 is 0. The van der Waals surface area contributed by atoms with E-state index < -0.39 is 0 Å². The number of rotatable bonds is 3. The molecule has 82 valence electrons. The predicted octanol–water partition coefficient (Wildman–Crippen LogP) is 2.70. The Labute approximate surface area is 98.7 Å². The third-order valence-corrected chi connectivity index (χ3v) is 2.36. The Morgan fingerprint density at radius 1 is 1.25 bits per heavy atom. The van der Waals surface area contributed by atoms with Crippen molar-refractivity contribution >= 4 is 17.4 Å². The number of hydrogen-bond donors (Lipinski definition) is 1. The van der Waals surface area contributed by atoms with Crippen LogP contribution in [-0.2, 0) is 0 Å². The van der Waals surface area contributed by atoms with E-state index in [0.29, 0.717) is 5.82 Å². The van der Waals surface area contributed by atoms with Crippen molar-refractivity contribution in [1.29, 1.82) is 0 Å². The monoisotopic (exact) mass is 234 g/mol. The van der Waals surface area contributed by atoms with Gasteiger partial charge in [0.05, 0.1) is 6.20 Å². The van der Waals surface area contributed by atoms with Crippen LogP contribution in [0.25, 0.3) is 0 Å². The van der Waals surface area contributed by atoms with Crippen molar-refractivity contribution in [3.63, 3.8) is 0 Å². The minimum atomic E-state index is 0.144. The molecule has 0 bridgehead atoms. The lowest BCUT2D eigenvalue weighted by Crippen LogP contribution is -2.08. The zero-order valence-electron chi connectivity index (χ0n) is 8.76. The Morgan fingerprint density at radius 2 is 2.00 bits per heavy atom. The number of hydrogen-bond acceptors (Lipinski definition) is 4. The van der Waals surface area contributed by atoms with Crippen LogP contribution in [0.3, 0.4) is 0 Å². The highest BCUT2D eigenvalue weighted by Gasteiger charge is 2.05. The molecule has 0 aliphatic carbocycles. The van der Waals surface area contributed by atoms with Crippen LogP contribution in [0.2, 0.25) is 5.28 Å². The van der Waals surface area contributed by atoms with E-state index in [1.807, 2.05) is 37.3 Å². The van der Waals surface area contributed by atoms with Crippen LogP contribution in [0.15, 0.2) is 36.5 Å². The quantitative estimate of drug-likeness (QED) is 0.887. The molecule has 16 heavy (non-hydrogen) atoms. The molecule has 0 amide bonds. The van der Waals surface area contributed by atoms with Crippen molar-refractivity contribution in [2.45, 2.75) is 13.0 Å². The zero-order chi connectivity index (χ0) is 11.4. The van der Waals surface area contributed by atoms with Gasteiger partial charge in [0.15, 0.2) is 0 Å². The third-order valence-electron chi connectivity index (χ3n) is 2.20. The SMILES string of the molecule is CC(Nc1cnnc(Cl)n1)c1ccccc1. The molecular formula is C11H11ClN4. The number of nitrogens with one attached hydrogen (secondary N) is 1. The van der Waals surface area contributed by atoms with Crippen LogP contribution in [0.1, 0.15) is 18.5 Å². The topological polar surface area (TPSA) is 50.7 Å². The number of anilines is 1. The summed E-state index contributed by atoms with van der Waals surface area (Å²) in [6, 6.07) is 10.2. The molecule has 2 aromatic rings. The molecule has 0 saturated heterocycles. The minimum Gasteiger partial charge on any atom is -0.362 e. The first-order valence-electron chi connectivity index (χ1n) is 4.92. The Balaban J connectivity index is 2.11. The van der Waals surface area contributed by atoms with Gasteiger partial charge in [-0.3, -0.25) is 0 Å². The van der Waals surface area contributed by atoms with Crippen molar-refractivity contribution < 1.29 is 0 Å². The van der Waals surface area contributed by atoms with Gasteiger partial charge in [-0.1, -0.05) is 30.3 Å². The van der Waals surface area contributed by atoms with Crippen LogP contribution < -0.4 is 5.32 Å². The van der Waals surface area contributed by atoms with Gasteiger partial charge in [0.25, 0.3) is 0 Å². The van der Waals surface area contributed by atoms with Gasteiger partial charge in [-0.2, -0.15) is 10.1 Å². The van der Waals surface area contributed by atoms with E-state index in [1.54, 1.807) is 6.20 Å². The molecule has 2 rings (SSSR count). The van der Waals surface area contributed by atoms with E-state index in [9.17, 15) is 0 Å². The van der Waals surface area contributed by atoms with Gasteiger partial charge in [0.1, 0.15) is 5.82 Å². The lowest BCUT2D eigenvalue weighted by atomic mass is 10.1. The molecular weight excluding hydrogens is 224 g/mol. The van der Waals surface area contributed by atoms with Gasteiger partial charge in [0.2, 0.25) is 5.28 Å². The molecule has 1 heterocycles. The summed E-state index contributed by atoms with van der Waals surface area (Å²) in [4.78, 5) is 4.02.